The van der Waals surface area contributed by atoms with E-state index in [1.807, 2.05) is 6.92 Å². The Bertz CT molecular complexity index is 476. The van der Waals surface area contributed by atoms with Crippen molar-refractivity contribution < 1.29 is 9.13 Å². The third-order valence-corrected chi connectivity index (χ3v) is 2.40. The molecule has 0 aliphatic rings. The molecule has 0 saturated heterocycles. The summed E-state index contributed by atoms with van der Waals surface area (Å²) in [7, 11) is 1.60. The quantitative estimate of drug-likeness (QED) is 0.795. The third-order valence-electron chi connectivity index (χ3n) is 2.40. The van der Waals surface area contributed by atoms with Gasteiger partial charge in [0.1, 0.15) is 11.4 Å². The number of hydrogen-bond donors (Lipinski definition) is 0. The van der Waals surface area contributed by atoms with E-state index in [1.54, 1.807) is 36.1 Å². The molecule has 1 aromatic heterocycles. The number of ether oxygens (including phenoxy) is 1. The van der Waals surface area contributed by atoms with Crippen LogP contribution >= 0.6 is 0 Å². The van der Waals surface area contributed by atoms with Crippen molar-refractivity contribution in [3.63, 3.8) is 0 Å². The molecule has 0 unspecified atom stereocenters. The Morgan fingerprint density at radius 3 is 2.50 bits per heavy atom. The summed E-state index contributed by atoms with van der Waals surface area (Å²) in [5, 5.41) is 4.15. The molecule has 0 aliphatic heterocycles. The molecule has 1 aromatic carbocycles. The van der Waals surface area contributed by atoms with E-state index in [-0.39, 0.29) is 5.82 Å². The summed E-state index contributed by atoms with van der Waals surface area (Å²) in [5.41, 5.74) is 1.13. The van der Waals surface area contributed by atoms with Gasteiger partial charge in [-0.15, -0.1) is 0 Å². The highest BCUT2D eigenvalue weighted by Crippen LogP contribution is 2.23. The minimum absolute atomic E-state index is 0.299. The largest absolute Gasteiger partial charge is 0.497 e. The van der Waals surface area contributed by atoms with Crippen molar-refractivity contribution in [1.29, 1.82) is 0 Å². The minimum Gasteiger partial charge on any atom is -0.497 e. The van der Waals surface area contributed by atoms with Crippen molar-refractivity contribution in [3.8, 4) is 17.0 Å². The number of halogens is 1. The molecule has 3 nitrogen and oxygen atoms in total. The molecule has 4 heteroatoms. The molecular formula is C12H13FN2O. The monoisotopic (exact) mass is 220 g/mol. The zero-order valence-corrected chi connectivity index (χ0v) is 9.27. The van der Waals surface area contributed by atoms with Gasteiger partial charge in [0.25, 0.3) is 0 Å². The summed E-state index contributed by atoms with van der Waals surface area (Å²) in [4.78, 5) is 0. The second-order valence-corrected chi connectivity index (χ2v) is 3.41. The van der Waals surface area contributed by atoms with Gasteiger partial charge in [-0.3, -0.25) is 4.68 Å². The predicted octanol–water partition coefficient (Wildman–Crippen LogP) is 2.72. The fourth-order valence-electron chi connectivity index (χ4n) is 1.50. The highest BCUT2D eigenvalue weighted by atomic mass is 19.1. The SMILES string of the molecule is CCn1cc(F)c(-c2ccc(OC)cc2)n1. The van der Waals surface area contributed by atoms with E-state index in [1.165, 1.54) is 6.20 Å². The number of aryl methyl sites for hydroxylation is 1. The van der Waals surface area contributed by atoms with E-state index in [2.05, 4.69) is 5.10 Å². The second kappa shape index (κ2) is 4.35. The molecule has 84 valence electrons. The normalized spacial score (nSPS) is 10.4. The van der Waals surface area contributed by atoms with Crippen LogP contribution in [0, 0.1) is 5.82 Å². The van der Waals surface area contributed by atoms with E-state index in [0.29, 0.717) is 12.2 Å². The highest BCUT2D eigenvalue weighted by Gasteiger charge is 2.10. The van der Waals surface area contributed by atoms with Gasteiger partial charge in [-0.1, -0.05) is 0 Å². The highest BCUT2D eigenvalue weighted by molar-refractivity contribution is 5.60. The van der Waals surface area contributed by atoms with Gasteiger partial charge in [-0.05, 0) is 31.2 Å². The van der Waals surface area contributed by atoms with Crippen molar-refractivity contribution in [3.05, 3.63) is 36.3 Å². The topological polar surface area (TPSA) is 27.1 Å². The number of hydrogen-bond acceptors (Lipinski definition) is 2. The standard InChI is InChI=1S/C12H13FN2O/c1-3-15-8-11(13)12(14-15)9-4-6-10(16-2)7-5-9/h4-8H,3H2,1-2H3. The van der Waals surface area contributed by atoms with Gasteiger partial charge in [-0.2, -0.15) is 5.10 Å². The van der Waals surface area contributed by atoms with Crippen LogP contribution in [0.2, 0.25) is 0 Å². The molecule has 0 saturated carbocycles. The summed E-state index contributed by atoms with van der Waals surface area (Å²) >= 11 is 0. The van der Waals surface area contributed by atoms with Gasteiger partial charge < -0.3 is 4.74 Å². The van der Waals surface area contributed by atoms with Crippen molar-refractivity contribution >= 4 is 0 Å². The second-order valence-electron chi connectivity index (χ2n) is 3.41. The van der Waals surface area contributed by atoms with Crippen LogP contribution in [0.25, 0.3) is 11.3 Å². The lowest BCUT2D eigenvalue weighted by atomic mass is 10.1. The predicted molar refractivity (Wildman–Crippen MR) is 59.8 cm³/mol. The lowest BCUT2D eigenvalue weighted by molar-refractivity contribution is 0.415. The Morgan fingerprint density at radius 2 is 2.00 bits per heavy atom. The Hall–Kier alpha value is -1.84. The number of nitrogens with zero attached hydrogens (tertiary/aromatic N) is 2. The average molecular weight is 220 g/mol. The molecule has 2 aromatic rings. The molecular weight excluding hydrogens is 207 g/mol. The number of aromatic nitrogens is 2. The van der Waals surface area contributed by atoms with Crippen molar-refractivity contribution in [2.45, 2.75) is 13.5 Å². The van der Waals surface area contributed by atoms with Gasteiger partial charge in [0, 0.05) is 12.1 Å². The maximum absolute atomic E-state index is 13.6. The maximum atomic E-state index is 13.6. The van der Waals surface area contributed by atoms with E-state index >= 15 is 0 Å². The Balaban J connectivity index is 2.38. The third kappa shape index (κ3) is 1.91. The molecule has 0 amide bonds. The summed E-state index contributed by atoms with van der Waals surface area (Å²) in [6.07, 6.45) is 1.40. The van der Waals surface area contributed by atoms with Gasteiger partial charge >= 0.3 is 0 Å². The summed E-state index contributed by atoms with van der Waals surface area (Å²) in [5.74, 6) is 0.450. The van der Waals surface area contributed by atoms with Crippen LogP contribution in [-0.4, -0.2) is 16.9 Å². The number of methoxy groups -OCH3 is 1. The summed E-state index contributed by atoms with van der Waals surface area (Å²) < 4.78 is 20.2. The van der Waals surface area contributed by atoms with Gasteiger partial charge in [0.05, 0.1) is 13.3 Å². The number of benzene rings is 1. The molecule has 0 atom stereocenters. The first-order chi connectivity index (χ1) is 7.74. The Morgan fingerprint density at radius 1 is 1.31 bits per heavy atom. The van der Waals surface area contributed by atoms with Gasteiger partial charge in [-0.25, -0.2) is 4.39 Å². The Labute approximate surface area is 93.5 Å². The van der Waals surface area contributed by atoms with Crippen molar-refractivity contribution in [1.82, 2.24) is 9.78 Å². The van der Waals surface area contributed by atoms with E-state index in [4.69, 9.17) is 4.74 Å². The lowest BCUT2D eigenvalue weighted by Crippen LogP contribution is -1.93. The molecule has 0 bridgehead atoms. The minimum atomic E-state index is -0.299. The first-order valence-corrected chi connectivity index (χ1v) is 5.12. The van der Waals surface area contributed by atoms with Crippen LogP contribution < -0.4 is 4.74 Å². The van der Waals surface area contributed by atoms with Crippen LogP contribution in [0.3, 0.4) is 0 Å². The molecule has 0 spiro atoms. The molecule has 16 heavy (non-hydrogen) atoms. The summed E-state index contributed by atoms with van der Waals surface area (Å²) in [6, 6.07) is 7.17. The van der Waals surface area contributed by atoms with E-state index in [9.17, 15) is 4.39 Å². The molecule has 0 aliphatic carbocycles. The molecule has 2 rings (SSSR count). The zero-order chi connectivity index (χ0) is 11.5. The van der Waals surface area contributed by atoms with Gasteiger partial charge in [0.2, 0.25) is 0 Å². The van der Waals surface area contributed by atoms with E-state index in [0.717, 1.165) is 11.3 Å². The molecule has 0 N–H and O–H groups in total. The van der Waals surface area contributed by atoms with E-state index < -0.39 is 0 Å². The van der Waals surface area contributed by atoms with Crippen LogP contribution in [0.4, 0.5) is 4.39 Å². The summed E-state index contributed by atoms with van der Waals surface area (Å²) in [6.45, 7) is 2.58. The first kappa shape index (κ1) is 10.7. The average Bonchev–Trinajstić information content (AvgIpc) is 2.71. The molecule has 0 fully saturated rings. The maximum Gasteiger partial charge on any atom is 0.169 e. The fourth-order valence-corrected chi connectivity index (χ4v) is 1.50. The van der Waals surface area contributed by atoms with Crippen LogP contribution in [0.5, 0.6) is 5.75 Å². The fraction of sp³-hybridized carbons (Fsp3) is 0.250. The smallest absolute Gasteiger partial charge is 0.169 e. The molecule has 0 radical (unpaired) electrons. The van der Waals surface area contributed by atoms with Crippen LogP contribution in [0.1, 0.15) is 6.92 Å². The lowest BCUT2D eigenvalue weighted by Gasteiger charge is -2.00. The van der Waals surface area contributed by atoms with Crippen LogP contribution in [-0.2, 0) is 6.54 Å². The van der Waals surface area contributed by atoms with Crippen molar-refractivity contribution in [2.75, 3.05) is 7.11 Å². The Kier molecular flexibility index (Phi) is 2.90. The van der Waals surface area contributed by atoms with Gasteiger partial charge in [0.15, 0.2) is 5.82 Å². The first-order valence-electron chi connectivity index (χ1n) is 5.12. The zero-order valence-electron chi connectivity index (χ0n) is 9.27. The number of rotatable bonds is 3. The van der Waals surface area contributed by atoms with Crippen molar-refractivity contribution in [2.24, 2.45) is 0 Å². The van der Waals surface area contributed by atoms with Crippen LogP contribution in [0.15, 0.2) is 30.5 Å². The molecule has 1 heterocycles.